The van der Waals surface area contributed by atoms with Crippen molar-refractivity contribution in [3.63, 3.8) is 0 Å². The van der Waals surface area contributed by atoms with Gasteiger partial charge in [0.15, 0.2) is 5.65 Å². The number of ether oxygens (including phenoxy) is 1. The van der Waals surface area contributed by atoms with Crippen LogP contribution < -0.4 is 4.74 Å². The molecule has 1 saturated heterocycles. The summed E-state index contributed by atoms with van der Waals surface area (Å²) in [5.41, 5.74) is 0.811. The van der Waals surface area contributed by atoms with Gasteiger partial charge in [0, 0.05) is 25.2 Å². The lowest BCUT2D eigenvalue weighted by Gasteiger charge is -2.30. The number of halogens is 1. The number of pyridine rings is 1. The third kappa shape index (κ3) is 3.35. The average molecular weight is 451 g/mol. The molecule has 4 rings (SSSR count). The minimum atomic E-state index is -3.54. The van der Waals surface area contributed by atoms with Gasteiger partial charge in [-0.15, -0.1) is 10.2 Å². The first-order chi connectivity index (χ1) is 13.0. The summed E-state index contributed by atoms with van der Waals surface area (Å²) in [5.74, 6) is 1.69. The summed E-state index contributed by atoms with van der Waals surface area (Å²) >= 11 is 3.36. The Morgan fingerprint density at radius 1 is 1.15 bits per heavy atom. The molecule has 7 nitrogen and oxygen atoms in total. The highest BCUT2D eigenvalue weighted by molar-refractivity contribution is 9.10. The second kappa shape index (κ2) is 7.21. The molecule has 3 aromatic rings. The van der Waals surface area contributed by atoms with Gasteiger partial charge in [0.2, 0.25) is 10.0 Å². The first kappa shape index (κ1) is 18.4. The van der Waals surface area contributed by atoms with Crippen LogP contribution in [0.3, 0.4) is 0 Å². The highest BCUT2D eigenvalue weighted by Crippen LogP contribution is 2.32. The van der Waals surface area contributed by atoms with E-state index in [2.05, 4.69) is 26.1 Å². The fraction of sp³-hybridized carbons (Fsp3) is 0.333. The summed E-state index contributed by atoms with van der Waals surface area (Å²) in [7, 11) is -1.99. The SMILES string of the molecule is COc1ccc(S(=O)(=O)N2CCC(c3nnc4ccccn34)CC2)cc1Br. The second-order valence-electron chi connectivity index (χ2n) is 6.46. The summed E-state index contributed by atoms with van der Waals surface area (Å²) in [6.07, 6.45) is 3.38. The molecule has 0 spiro atoms. The molecule has 0 bridgehead atoms. The van der Waals surface area contributed by atoms with Gasteiger partial charge in [-0.05, 0) is 59.1 Å². The quantitative estimate of drug-likeness (QED) is 0.610. The summed E-state index contributed by atoms with van der Waals surface area (Å²) in [6.45, 7) is 0.913. The van der Waals surface area contributed by atoms with E-state index >= 15 is 0 Å². The van der Waals surface area contributed by atoms with Crippen molar-refractivity contribution in [1.29, 1.82) is 0 Å². The molecule has 0 saturated carbocycles. The lowest BCUT2D eigenvalue weighted by molar-refractivity contribution is 0.312. The Kier molecular flexibility index (Phi) is 4.92. The monoisotopic (exact) mass is 450 g/mol. The van der Waals surface area contributed by atoms with E-state index < -0.39 is 10.0 Å². The molecule has 0 aliphatic carbocycles. The van der Waals surface area contributed by atoms with Gasteiger partial charge >= 0.3 is 0 Å². The largest absolute Gasteiger partial charge is 0.496 e. The Bertz CT molecular complexity index is 1080. The van der Waals surface area contributed by atoms with Crippen LogP contribution >= 0.6 is 15.9 Å². The van der Waals surface area contributed by atoms with Crippen LogP contribution in [-0.4, -0.2) is 47.5 Å². The van der Waals surface area contributed by atoms with Crippen molar-refractivity contribution in [2.45, 2.75) is 23.7 Å². The Morgan fingerprint density at radius 2 is 1.93 bits per heavy atom. The van der Waals surface area contributed by atoms with Crippen LogP contribution in [0.5, 0.6) is 5.75 Å². The molecule has 3 heterocycles. The first-order valence-electron chi connectivity index (χ1n) is 8.64. The highest BCUT2D eigenvalue weighted by Gasteiger charge is 2.32. The molecule has 2 aromatic heterocycles. The molecular weight excluding hydrogens is 432 g/mol. The van der Waals surface area contributed by atoms with Crippen LogP contribution in [0, 0.1) is 0 Å². The predicted molar refractivity (Wildman–Crippen MR) is 104 cm³/mol. The van der Waals surface area contributed by atoms with Gasteiger partial charge in [0.1, 0.15) is 11.6 Å². The van der Waals surface area contributed by atoms with E-state index in [0.717, 1.165) is 11.5 Å². The van der Waals surface area contributed by atoms with Crippen molar-refractivity contribution in [2.75, 3.05) is 20.2 Å². The zero-order valence-corrected chi connectivity index (χ0v) is 17.1. The lowest BCUT2D eigenvalue weighted by atomic mass is 9.97. The molecule has 27 heavy (non-hydrogen) atoms. The van der Waals surface area contributed by atoms with Gasteiger partial charge in [-0.25, -0.2) is 8.42 Å². The van der Waals surface area contributed by atoms with E-state index in [4.69, 9.17) is 4.74 Å². The summed E-state index contributed by atoms with van der Waals surface area (Å²) < 4.78 is 35.3. The minimum absolute atomic E-state index is 0.191. The Morgan fingerprint density at radius 3 is 2.63 bits per heavy atom. The smallest absolute Gasteiger partial charge is 0.243 e. The topological polar surface area (TPSA) is 76.8 Å². The number of benzene rings is 1. The molecule has 1 fully saturated rings. The van der Waals surface area contributed by atoms with Crippen LogP contribution in [0.4, 0.5) is 0 Å². The number of rotatable bonds is 4. The molecule has 0 atom stereocenters. The minimum Gasteiger partial charge on any atom is -0.496 e. The number of hydrogen-bond donors (Lipinski definition) is 0. The fourth-order valence-electron chi connectivity index (χ4n) is 3.45. The number of hydrogen-bond acceptors (Lipinski definition) is 5. The summed E-state index contributed by atoms with van der Waals surface area (Å²) in [5, 5.41) is 8.52. The van der Waals surface area contributed by atoms with Crippen LogP contribution in [0.15, 0.2) is 52.0 Å². The van der Waals surface area contributed by atoms with Crippen molar-refractivity contribution in [2.24, 2.45) is 0 Å². The summed E-state index contributed by atoms with van der Waals surface area (Å²) in [4.78, 5) is 0.265. The number of sulfonamides is 1. The lowest BCUT2D eigenvalue weighted by Crippen LogP contribution is -2.38. The van der Waals surface area contributed by atoms with Crippen molar-refractivity contribution < 1.29 is 13.2 Å². The maximum Gasteiger partial charge on any atom is 0.243 e. The van der Waals surface area contributed by atoms with Crippen LogP contribution in [-0.2, 0) is 10.0 Å². The number of fused-ring (bicyclic) bond motifs is 1. The maximum absolute atomic E-state index is 13.0. The Hall–Kier alpha value is -1.97. The predicted octanol–water partition coefficient (Wildman–Crippen LogP) is 3.07. The third-order valence-corrected chi connectivity index (χ3v) is 7.43. The second-order valence-corrected chi connectivity index (χ2v) is 9.25. The van der Waals surface area contributed by atoms with Gasteiger partial charge in [-0.2, -0.15) is 4.31 Å². The zero-order chi connectivity index (χ0) is 19.0. The zero-order valence-electron chi connectivity index (χ0n) is 14.7. The molecule has 0 amide bonds. The van der Waals surface area contributed by atoms with Gasteiger partial charge in [-0.1, -0.05) is 6.07 Å². The Balaban J connectivity index is 1.52. The highest BCUT2D eigenvalue weighted by atomic mass is 79.9. The van der Waals surface area contributed by atoms with Crippen LogP contribution in [0.1, 0.15) is 24.6 Å². The Labute approximate surface area is 166 Å². The van der Waals surface area contributed by atoms with Gasteiger partial charge in [-0.3, -0.25) is 4.40 Å². The molecular formula is C18H19BrN4O3S. The van der Waals surface area contributed by atoms with Gasteiger partial charge in [0.05, 0.1) is 16.5 Å². The number of piperidine rings is 1. The number of aromatic nitrogens is 3. The normalized spacial score (nSPS) is 16.7. The van der Waals surface area contributed by atoms with E-state index in [1.54, 1.807) is 29.6 Å². The van der Waals surface area contributed by atoms with Crippen molar-refractivity contribution in [3.05, 3.63) is 52.9 Å². The van der Waals surface area contributed by atoms with Crippen LogP contribution in [0.2, 0.25) is 0 Å². The van der Waals surface area contributed by atoms with E-state index in [9.17, 15) is 8.42 Å². The molecule has 0 N–H and O–H groups in total. The standard InChI is InChI=1S/C18H19BrN4O3S/c1-26-16-6-5-14(12-15(16)19)27(24,25)22-10-7-13(8-11-22)18-21-20-17-4-2-3-9-23(17)18/h2-6,9,12-13H,7-8,10-11H2,1H3. The van der Waals surface area contributed by atoms with Gasteiger partial charge < -0.3 is 4.74 Å². The van der Waals surface area contributed by atoms with E-state index in [-0.39, 0.29) is 10.8 Å². The number of nitrogens with zero attached hydrogens (tertiary/aromatic N) is 4. The summed E-state index contributed by atoms with van der Waals surface area (Å²) in [6, 6.07) is 10.6. The first-order valence-corrected chi connectivity index (χ1v) is 10.9. The van der Waals surface area contributed by atoms with E-state index in [1.165, 1.54) is 0 Å². The molecule has 1 aromatic carbocycles. The van der Waals surface area contributed by atoms with E-state index in [0.29, 0.717) is 36.2 Å². The van der Waals surface area contributed by atoms with E-state index in [1.807, 2.05) is 28.8 Å². The molecule has 1 aliphatic heterocycles. The molecule has 1 aliphatic rings. The molecule has 9 heteroatoms. The van der Waals surface area contributed by atoms with Gasteiger partial charge in [0.25, 0.3) is 0 Å². The van der Waals surface area contributed by atoms with Crippen molar-refractivity contribution in [1.82, 2.24) is 18.9 Å². The van der Waals surface area contributed by atoms with Crippen molar-refractivity contribution in [3.8, 4) is 5.75 Å². The third-order valence-electron chi connectivity index (χ3n) is 4.92. The molecule has 142 valence electrons. The maximum atomic E-state index is 13.0. The van der Waals surface area contributed by atoms with Crippen LogP contribution in [0.25, 0.3) is 5.65 Å². The van der Waals surface area contributed by atoms with Crippen molar-refractivity contribution >= 4 is 31.6 Å². The fourth-order valence-corrected chi connectivity index (χ4v) is 5.64. The molecule has 0 unspecified atom stereocenters. The number of methoxy groups -OCH3 is 1. The molecule has 0 radical (unpaired) electrons. The average Bonchev–Trinajstić information content (AvgIpc) is 3.12.